The molecule has 0 aliphatic carbocycles. The summed E-state index contributed by atoms with van der Waals surface area (Å²) >= 11 is 1.57. The molecule has 3 heterocycles. The average molecular weight is 334 g/mol. The fourth-order valence-electron chi connectivity index (χ4n) is 2.85. The molecule has 0 bridgehead atoms. The van der Waals surface area contributed by atoms with Crippen molar-refractivity contribution in [3.8, 4) is 0 Å². The molecule has 1 aliphatic rings. The number of hydrogen-bond acceptors (Lipinski definition) is 6. The predicted octanol–water partition coefficient (Wildman–Crippen LogP) is 0.970. The second-order valence-corrected chi connectivity index (χ2v) is 6.39. The van der Waals surface area contributed by atoms with Crippen LogP contribution in [0.4, 0.5) is 0 Å². The number of nitrogens with zero attached hydrogens (tertiary/aromatic N) is 3. The first-order valence-corrected chi connectivity index (χ1v) is 8.33. The molecule has 1 fully saturated rings. The first-order chi connectivity index (χ1) is 11.1. The van der Waals surface area contributed by atoms with E-state index in [4.69, 9.17) is 4.52 Å². The summed E-state index contributed by atoms with van der Waals surface area (Å²) in [7, 11) is 1.59. The van der Waals surface area contributed by atoms with E-state index in [0.717, 1.165) is 5.56 Å². The van der Waals surface area contributed by atoms with Gasteiger partial charge in [-0.25, -0.2) is 0 Å². The van der Waals surface area contributed by atoms with Gasteiger partial charge in [-0.05, 0) is 29.3 Å². The Labute approximate surface area is 137 Å². The van der Waals surface area contributed by atoms with E-state index in [1.807, 2.05) is 16.8 Å². The van der Waals surface area contributed by atoms with Gasteiger partial charge in [-0.15, -0.1) is 0 Å². The molecule has 122 valence electrons. The molecule has 0 aromatic carbocycles. The summed E-state index contributed by atoms with van der Waals surface area (Å²) in [6.07, 6.45) is 0.347. The quantitative estimate of drug-likeness (QED) is 0.900. The number of aryl methyl sites for hydroxylation is 1. The minimum Gasteiger partial charge on any atom is -0.359 e. The third-order valence-corrected chi connectivity index (χ3v) is 4.78. The maximum absolute atomic E-state index is 12.5. The molecule has 2 amide bonds. The van der Waals surface area contributed by atoms with Crippen molar-refractivity contribution < 1.29 is 14.1 Å². The fourth-order valence-corrected chi connectivity index (χ4v) is 3.52. The topological polar surface area (TPSA) is 88.3 Å². The molecule has 3 rings (SSSR count). The summed E-state index contributed by atoms with van der Waals surface area (Å²) in [5, 5.41) is 10.4. The Hall–Kier alpha value is -2.22. The Kier molecular flexibility index (Phi) is 4.42. The zero-order valence-corrected chi connectivity index (χ0v) is 13.8. The van der Waals surface area contributed by atoms with Crippen molar-refractivity contribution in [2.45, 2.75) is 19.3 Å². The summed E-state index contributed by atoms with van der Waals surface area (Å²) in [5.41, 5.74) is 0.994. The maximum Gasteiger partial charge on any atom is 0.232 e. The first-order valence-electron chi connectivity index (χ1n) is 7.39. The molecular weight excluding hydrogens is 316 g/mol. The monoisotopic (exact) mass is 334 g/mol. The number of thiophene rings is 1. The maximum atomic E-state index is 12.5. The number of nitrogens with one attached hydrogen (secondary N) is 1. The van der Waals surface area contributed by atoms with E-state index in [1.54, 1.807) is 30.2 Å². The normalized spacial score (nSPS) is 20.7. The van der Waals surface area contributed by atoms with Crippen molar-refractivity contribution in [3.63, 3.8) is 0 Å². The van der Waals surface area contributed by atoms with Crippen LogP contribution in [0.25, 0.3) is 0 Å². The molecule has 1 N–H and O–H groups in total. The second kappa shape index (κ2) is 6.49. The molecule has 2 aromatic rings. The van der Waals surface area contributed by atoms with E-state index in [-0.39, 0.29) is 23.7 Å². The van der Waals surface area contributed by atoms with Gasteiger partial charge in [0.2, 0.25) is 17.7 Å². The molecule has 1 aliphatic heterocycles. The van der Waals surface area contributed by atoms with Crippen molar-refractivity contribution >= 4 is 23.2 Å². The number of carbonyl (C=O) groups excluding carboxylic acids is 2. The van der Waals surface area contributed by atoms with Crippen LogP contribution >= 0.6 is 11.3 Å². The fraction of sp³-hybridized carbons (Fsp3) is 0.467. The Bertz CT molecular complexity index is 697. The number of carbonyl (C=O) groups is 2. The molecular formula is C15H18N4O3S. The van der Waals surface area contributed by atoms with E-state index >= 15 is 0 Å². The van der Waals surface area contributed by atoms with Gasteiger partial charge in [-0.1, -0.05) is 5.16 Å². The van der Waals surface area contributed by atoms with Gasteiger partial charge in [-0.3, -0.25) is 9.59 Å². The van der Waals surface area contributed by atoms with Gasteiger partial charge in [-0.2, -0.15) is 16.3 Å². The van der Waals surface area contributed by atoms with Crippen molar-refractivity contribution in [1.82, 2.24) is 20.4 Å². The van der Waals surface area contributed by atoms with Crippen LogP contribution in [-0.2, 0) is 16.0 Å². The highest BCUT2D eigenvalue weighted by molar-refractivity contribution is 7.08. The zero-order chi connectivity index (χ0) is 16.4. The van der Waals surface area contributed by atoms with E-state index in [2.05, 4.69) is 15.5 Å². The van der Waals surface area contributed by atoms with Crippen molar-refractivity contribution in [2.75, 3.05) is 20.1 Å². The van der Waals surface area contributed by atoms with Crippen LogP contribution in [0, 0.1) is 12.8 Å². The molecule has 2 aromatic heterocycles. The number of rotatable bonds is 4. The number of aromatic nitrogens is 2. The molecule has 0 spiro atoms. The summed E-state index contributed by atoms with van der Waals surface area (Å²) in [5.74, 6) is 0.210. The molecule has 2 atom stereocenters. The smallest absolute Gasteiger partial charge is 0.232 e. The van der Waals surface area contributed by atoms with Gasteiger partial charge in [0.05, 0.1) is 18.3 Å². The molecule has 7 nitrogen and oxygen atoms in total. The molecule has 1 saturated heterocycles. The van der Waals surface area contributed by atoms with Gasteiger partial charge in [0.1, 0.15) is 0 Å². The highest BCUT2D eigenvalue weighted by atomic mass is 32.1. The van der Waals surface area contributed by atoms with E-state index < -0.39 is 0 Å². The minimum absolute atomic E-state index is 0.0102. The van der Waals surface area contributed by atoms with E-state index in [0.29, 0.717) is 31.2 Å². The molecule has 0 saturated carbocycles. The van der Waals surface area contributed by atoms with Crippen LogP contribution in [0.2, 0.25) is 0 Å². The molecule has 0 radical (unpaired) electrons. The van der Waals surface area contributed by atoms with Gasteiger partial charge < -0.3 is 14.7 Å². The Morgan fingerprint density at radius 1 is 1.48 bits per heavy atom. The zero-order valence-electron chi connectivity index (χ0n) is 13.0. The lowest BCUT2D eigenvalue weighted by molar-refractivity contribution is -0.130. The van der Waals surface area contributed by atoms with Gasteiger partial charge in [0, 0.05) is 20.1 Å². The third kappa shape index (κ3) is 3.26. The van der Waals surface area contributed by atoms with E-state index in [1.165, 1.54) is 0 Å². The van der Waals surface area contributed by atoms with Crippen molar-refractivity contribution in [3.05, 3.63) is 34.1 Å². The number of hydrogen-bond donors (Lipinski definition) is 1. The minimum atomic E-state index is -0.369. The molecule has 23 heavy (non-hydrogen) atoms. The second-order valence-electron chi connectivity index (χ2n) is 5.61. The number of likely N-dealkylation sites (tertiary alicyclic amines) is 1. The average Bonchev–Trinajstić information content (AvgIpc) is 3.25. The van der Waals surface area contributed by atoms with Gasteiger partial charge in [0.15, 0.2) is 5.82 Å². The van der Waals surface area contributed by atoms with Crippen molar-refractivity contribution in [1.29, 1.82) is 0 Å². The Morgan fingerprint density at radius 2 is 2.30 bits per heavy atom. The van der Waals surface area contributed by atoms with Crippen LogP contribution in [0.15, 0.2) is 21.3 Å². The lowest BCUT2D eigenvalue weighted by Gasteiger charge is -2.15. The molecule has 8 heteroatoms. The lowest BCUT2D eigenvalue weighted by atomic mass is 9.95. The SMILES string of the molecule is CNC(=O)[C@@H]1CN(C(=O)Cc2ccsc2)C[C@H]1c1nc(C)no1. The van der Waals surface area contributed by atoms with Gasteiger partial charge >= 0.3 is 0 Å². The van der Waals surface area contributed by atoms with Crippen LogP contribution < -0.4 is 5.32 Å². The van der Waals surface area contributed by atoms with Crippen LogP contribution in [0.1, 0.15) is 23.2 Å². The Balaban J connectivity index is 1.76. The summed E-state index contributed by atoms with van der Waals surface area (Å²) in [6.45, 7) is 2.52. The van der Waals surface area contributed by atoms with E-state index in [9.17, 15) is 9.59 Å². The summed E-state index contributed by atoms with van der Waals surface area (Å²) in [6, 6.07) is 1.94. The van der Waals surface area contributed by atoms with Crippen LogP contribution in [-0.4, -0.2) is 47.0 Å². The predicted molar refractivity (Wildman–Crippen MR) is 83.9 cm³/mol. The highest BCUT2D eigenvalue weighted by Crippen LogP contribution is 2.32. The summed E-state index contributed by atoms with van der Waals surface area (Å²) in [4.78, 5) is 30.6. The summed E-state index contributed by atoms with van der Waals surface area (Å²) < 4.78 is 5.23. The first kappa shape index (κ1) is 15.7. The highest BCUT2D eigenvalue weighted by Gasteiger charge is 2.42. The van der Waals surface area contributed by atoms with Crippen LogP contribution in [0.5, 0.6) is 0 Å². The number of amides is 2. The Morgan fingerprint density at radius 3 is 2.91 bits per heavy atom. The lowest BCUT2D eigenvalue weighted by Crippen LogP contribution is -2.34. The standard InChI is InChI=1S/C15H18N4O3S/c1-9-17-15(22-18-9)12-7-19(6-11(12)14(21)16-2)13(20)5-10-3-4-23-8-10/h3-4,8,11-12H,5-7H2,1-2H3,(H,16,21)/t11-,12-/m1/s1. The van der Waals surface area contributed by atoms with Crippen molar-refractivity contribution in [2.24, 2.45) is 5.92 Å². The largest absolute Gasteiger partial charge is 0.359 e. The van der Waals surface area contributed by atoms with Gasteiger partial charge in [0.25, 0.3) is 0 Å². The third-order valence-electron chi connectivity index (χ3n) is 4.05. The molecule has 0 unspecified atom stereocenters. The van der Waals surface area contributed by atoms with Crippen LogP contribution in [0.3, 0.4) is 0 Å².